The van der Waals surface area contributed by atoms with Crippen LogP contribution in [-0.2, 0) is 0 Å². The van der Waals surface area contributed by atoms with Gasteiger partial charge >= 0.3 is 6.03 Å². The molecule has 0 unspecified atom stereocenters. The fourth-order valence-electron chi connectivity index (χ4n) is 1.90. The summed E-state index contributed by atoms with van der Waals surface area (Å²) in [7, 11) is 1.65. The van der Waals surface area contributed by atoms with E-state index in [2.05, 4.69) is 17.6 Å². The van der Waals surface area contributed by atoms with Gasteiger partial charge in [-0.25, -0.2) is 4.79 Å². The number of amides is 2. The Bertz CT molecular complexity index is 172. The van der Waals surface area contributed by atoms with Crippen LogP contribution in [0.5, 0.6) is 0 Å². The van der Waals surface area contributed by atoms with Crippen LogP contribution in [0, 0.1) is 0 Å². The highest BCUT2D eigenvalue weighted by atomic mass is 16.2. The first kappa shape index (κ1) is 16.3. The monoisotopic (exact) mass is 242 g/mol. The lowest BCUT2D eigenvalue weighted by Gasteiger charge is -2.04. The normalized spacial score (nSPS) is 10.2. The summed E-state index contributed by atoms with van der Waals surface area (Å²) in [6.45, 7) is 3.06. The number of carbonyl (C=O) groups excluding carboxylic acids is 1. The van der Waals surface area contributed by atoms with E-state index in [1.807, 2.05) is 0 Å². The molecular formula is C14H30N2O. The van der Waals surface area contributed by atoms with Gasteiger partial charge in [0.1, 0.15) is 0 Å². The molecule has 0 saturated carbocycles. The zero-order valence-electron chi connectivity index (χ0n) is 11.7. The number of carbonyl (C=O) groups is 1. The molecule has 102 valence electrons. The second-order valence-electron chi connectivity index (χ2n) is 4.69. The number of hydrogen-bond donors (Lipinski definition) is 2. The largest absolute Gasteiger partial charge is 0.341 e. The number of urea groups is 1. The molecule has 0 radical (unpaired) electrons. The van der Waals surface area contributed by atoms with Crippen molar-refractivity contribution in [3.8, 4) is 0 Å². The van der Waals surface area contributed by atoms with Gasteiger partial charge in [0, 0.05) is 13.6 Å². The summed E-state index contributed by atoms with van der Waals surface area (Å²) < 4.78 is 0. The highest BCUT2D eigenvalue weighted by Gasteiger charge is 1.95. The summed E-state index contributed by atoms with van der Waals surface area (Å²) in [6, 6.07) is -0.0686. The van der Waals surface area contributed by atoms with Gasteiger partial charge in [0.05, 0.1) is 0 Å². The SMILES string of the molecule is CCCCCCCCCCCCNC(=O)NC. The Morgan fingerprint density at radius 1 is 0.824 bits per heavy atom. The molecule has 0 aromatic rings. The van der Waals surface area contributed by atoms with E-state index in [9.17, 15) is 4.79 Å². The molecule has 17 heavy (non-hydrogen) atoms. The van der Waals surface area contributed by atoms with Crippen LogP contribution in [0.25, 0.3) is 0 Å². The van der Waals surface area contributed by atoms with Gasteiger partial charge in [0.15, 0.2) is 0 Å². The Kier molecular flexibility index (Phi) is 12.8. The van der Waals surface area contributed by atoms with Gasteiger partial charge in [-0.05, 0) is 6.42 Å². The third kappa shape index (κ3) is 13.2. The topological polar surface area (TPSA) is 41.1 Å². The molecule has 0 aliphatic heterocycles. The minimum absolute atomic E-state index is 0.0686. The highest BCUT2D eigenvalue weighted by Crippen LogP contribution is 2.10. The predicted octanol–water partition coefficient (Wildman–Crippen LogP) is 3.84. The van der Waals surface area contributed by atoms with Gasteiger partial charge in [0.25, 0.3) is 0 Å². The minimum atomic E-state index is -0.0686. The van der Waals surface area contributed by atoms with Crippen LogP contribution in [-0.4, -0.2) is 19.6 Å². The lowest BCUT2D eigenvalue weighted by atomic mass is 10.1. The van der Waals surface area contributed by atoms with E-state index in [-0.39, 0.29) is 6.03 Å². The zero-order chi connectivity index (χ0) is 12.8. The first-order chi connectivity index (χ1) is 8.31. The molecule has 0 spiro atoms. The van der Waals surface area contributed by atoms with Crippen molar-refractivity contribution in [3.63, 3.8) is 0 Å². The summed E-state index contributed by atoms with van der Waals surface area (Å²) in [4.78, 5) is 10.8. The molecule has 0 atom stereocenters. The van der Waals surface area contributed by atoms with Crippen molar-refractivity contribution in [1.82, 2.24) is 10.6 Å². The quantitative estimate of drug-likeness (QED) is 0.531. The molecule has 0 aliphatic carbocycles. The summed E-state index contributed by atoms with van der Waals surface area (Å²) in [5.41, 5.74) is 0. The van der Waals surface area contributed by atoms with Crippen LogP contribution in [0.4, 0.5) is 4.79 Å². The zero-order valence-corrected chi connectivity index (χ0v) is 11.7. The second-order valence-corrected chi connectivity index (χ2v) is 4.69. The van der Waals surface area contributed by atoms with Crippen molar-refractivity contribution in [2.24, 2.45) is 0 Å². The fraction of sp³-hybridized carbons (Fsp3) is 0.929. The number of nitrogens with one attached hydrogen (secondary N) is 2. The molecule has 0 aromatic heterocycles. The van der Waals surface area contributed by atoms with Crippen LogP contribution >= 0.6 is 0 Å². The standard InChI is InChI=1S/C14H30N2O/c1-3-4-5-6-7-8-9-10-11-12-13-16-14(17)15-2/h3-13H2,1-2H3,(H2,15,16,17). The van der Waals surface area contributed by atoms with E-state index >= 15 is 0 Å². The van der Waals surface area contributed by atoms with Crippen molar-refractivity contribution >= 4 is 6.03 Å². The van der Waals surface area contributed by atoms with E-state index in [0.29, 0.717) is 0 Å². The molecule has 0 rings (SSSR count). The highest BCUT2D eigenvalue weighted by molar-refractivity contribution is 5.73. The molecule has 0 heterocycles. The summed E-state index contributed by atoms with van der Waals surface area (Å²) in [5.74, 6) is 0. The van der Waals surface area contributed by atoms with Gasteiger partial charge in [-0.3, -0.25) is 0 Å². The average Bonchev–Trinajstić information content (AvgIpc) is 2.35. The molecule has 0 saturated heterocycles. The van der Waals surface area contributed by atoms with Gasteiger partial charge in [0.2, 0.25) is 0 Å². The van der Waals surface area contributed by atoms with Gasteiger partial charge in [-0.1, -0.05) is 64.7 Å². The van der Waals surface area contributed by atoms with Gasteiger partial charge in [-0.15, -0.1) is 0 Å². The van der Waals surface area contributed by atoms with Crippen LogP contribution < -0.4 is 10.6 Å². The average molecular weight is 242 g/mol. The van der Waals surface area contributed by atoms with Crippen LogP contribution in [0.2, 0.25) is 0 Å². The van der Waals surface area contributed by atoms with Crippen molar-refractivity contribution in [2.45, 2.75) is 71.1 Å². The maximum absolute atomic E-state index is 10.8. The molecule has 3 nitrogen and oxygen atoms in total. The third-order valence-corrected chi connectivity index (χ3v) is 3.04. The van der Waals surface area contributed by atoms with Crippen LogP contribution in [0.3, 0.4) is 0 Å². The number of rotatable bonds is 11. The Labute approximate surface area is 107 Å². The first-order valence-corrected chi connectivity index (χ1v) is 7.26. The van der Waals surface area contributed by atoms with Crippen LogP contribution in [0.1, 0.15) is 71.1 Å². The Morgan fingerprint density at radius 2 is 1.29 bits per heavy atom. The Balaban J connectivity index is 2.96. The molecule has 0 bridgehead atoms. The van der Waals surface area contributed by atoms with E-state index in [1.54, 1.807) is 7.05 Å². The molecule has 2 N–H and O–H groups in total. The van der Waals surface area contributed by atoms with Crippen molar-refractivity contribution in [3.05, 3.63) is 0 Å². The Hall–Kier alpha value is -0.730. The van der Waals surface area contributed by atoms with Crippen molar-refractivity contribution in [1.29, 1.82) is 0 Å². The lowest BCUT2D eigenvalue weighted by molar-refractivity contribution is 0.242. The molecule has 0 aromatic carbocycles. The number of hydrogen-bond acceptors (Lipinski definition) is 1. The molecule has 2 amide bonds. The van der Waals surface area contributed by atoms with Crippen molar-refractivity contribution in [2.75, 3.05) is 13.6 Å². The third-order valence-electron chi connectivity index (χ3n) is 3.04. The summed E-state index contributed by atoms with van der Waals surface area (Å²) in [6.07, 6.45) is 13.3. The maximum Gasteiger partial charge on any atom is 0.314 e. The summed E-state index contributed by atoms with van der Waals surface area (Å²) >= 11 is 0. The van der Waals surface area contributed by atoms with E-state index in [4.69, 9.17) is 0 Å². The maximum atomic E-state index is 10.8. The van der Waals surface area contributed by atoms with E-state index < -0.39 is 0 Å². The van der Waals surface area contributed by atoms with Gasteiger partial charge in [-0.2, -0.15) is 0 Å². The molecule has 3 heteroatoms. The lowest BCUT2D eigenvalue weighted by Crippen LogP contribution is -2.33. The van der Waals surface area contributed by atoms with Gasteiger partial charge < -0.3 is 10.6 Å². The molecule has 0 fully saturated rings. The smallest absolute Gasteiger partial charge is 0.314 e. The molecule has 0 aliphatic rings. The summed E-state index contributed by atoms with van der Waals surface area (Å²) in [5, 5.41) is 5.36. The Morgan fingerprint density at radius 3 is 1.76 bits per heavy atom. The van der Waals surface area contributed by atoms with Crippen molar-refractivity contribution < 1.29 is 4.79 Å². The first-order valence-electron chi connectivity index (χ1n) is 7.26. The fourth-order valence-corrected chi connectivity index (χ4v) is 1.90. The van der Waals surface area contributed by atoms with E-state index in [0.717, 1.165) is 13.0 Å². The molecular weight excluding hydrogens is 212 g/mol. The number of unbranched alkanes of at least 4 members (excludes halogenated alkanes) is 9. The van der Waals surface area contributed by atoms with Crippen LogP contribution in [0.15, 0.2) is 0 Å². The predicted molar refractivity (Wildman–Crippen MR) is 74.3 cm³/mol. The second kappa shape index (κ2) is 13.3. The van der Waals surface area contributed by atoms with E-state index in [1.165, 1.54) is 57.8 Å². The minimum Gasteiger partial charge on any atom is -0.341 e.